The number of carbonyl (C=O) groups is 1. The Balaban J connectivity index is 3.15. The van der Waals surface area contributed by atoms with Crippen LogP contribution in [0.2, 0.25) is 0 Å². The smallest absolute Gasteiger partial charge is 0.323 e. The van der Waals surface area contributed by atoms with E-state index in [1.165, 1.54) is 11.0 Å². The molecule has 0 aliphatic carbocycles. The van der Waals surface area contributed by atoms with E-state index >= 15 is 0 Å². The van der Waals surface area contributed by atoms with E-state index in [-0.39, 0.29) is 30.4 Å². The molecule has 1 aromatic rings. The van der Waals surface area contributed by atoms with E-state index in [1.807, 2.05) is 13.8 Å². The van der Waals surface area contributed by atoms with Gasteiger partial charge in [-0.25, -0.2) is 4.98 Å². The van der Waals surface area contributed by atoms with E-state index in [0.29, 0.717) is 5.82 Å². The Bertz CT molecular complexity index is 528. The van der Waals surface area contributed by atoms with Crippen LogP contribution in [0.25, 0.3) is 0 Å². The summed E-state index contributed by atoms with van der Waals surface area (Å²) in [6, 6.07) is 1.24. The summed E-state index contributed by atoms with van der Waals surface area (Å²) >= 11 is 0. The second-order valence-corrected chi connectivity index (χ2v) is 4.10. The minimum Gasteiger partial charge on any atom is -0.480 e. The number of carboxylic acids is 1. The number of aliphatic carboxylic acids is 1. The molecular weight excluding hydrogens is 234 g/mol. The van der Waals surface area contributed by atoms with Crippen molar-refractivity contribution in [2.24, 2.45) is 0 Å². The van der Waals surface area contributed by atoms with Gasteiger partial charge in [0.1, 0.15) is 18.2 Å². The molecule has 0 radical (unpaired) electrons. The molecule has 0 aliphatic heterocycles. The molecule has 18 heavy (non-hydrogen) atoms. The van der Waals surface area contributed by atoms with Crippen LogP contribution in [0.4, 0.5) is 5.82 Å². The fraction of sp³-hybridized carbons (Fsp3) is 0.417. The van der Waals surface area contributed by atoms with Gasteiger partial charge in [-0.1, -0.05) is 19.8 Å². The van der Waals surface area contributed by atoms with Gasteiger partial charge < -0.3 is 15.0 Å². The lowest BCUT2D eigenvalue weighted by Gasteiger charge is -2.19. The molecule has 1 rings (SSSR count). The van der Waals surface area contributed by atoms with E-state index in [2.05, 4.69) is 15.9 Å². The third kappa shape index (κ3) is 3.63. The first kappa shape index (κ1) is 13.8. The monoisotopic (exact) mass is 249 g/mol. The highest BCUT2D eigenvalue weighted by Gasteiger charge is 2.13. The number of rotatable bonds is 5. The Hall–Kier alpha value is -2.29. The second-order valence-electron chi connectivity index (χ2n) is 4.10. The van der Waals surface area contributed by atoms with E-state index in [9.17, 15) is 9.59 Å². The summed E-state index contributed by atoms with van der Waals surface area (Å²) in [5, 5.41) is 8.80. The standard InChI is InChI=1S/C12H15N3O3/c1-4-5-15(7-11(17)18)9-6-10(16)14-12(13-9)8(2)3/h1,6,8H,5,7H2,2-3H3,(H,17,18)(H,13,14,16). The number of nitrogens with one attached hydrogen (secondary N) is 1. The third-order valence-corrected chi connectivity index (χ3v) is 2.23. The Morgan fingerprint density at radius 1 is 1.67 bits per heavy atom. The summed E-state index contributed by atoms with van der Waals surface area (Å²) in [6.07, 6.45) is 5.18. The van der Waals surface area contributed by atoms with Gasteiger partial charge in [0.15, 0.2) is 0 Å². The largest absolute Gasteiger partial charge is 0.480 e. The van der Waals surface area contributed by atoms with Crippen LogP contribution < -0.4 is 10.5 Å². The fourth-order valence-corrected chi connectivity index (χ4v) is 1.39. The van der Waals surface area contributed by atoms with Crippen LogP contribution in [0.5, 0.6) is 0 Å². The van der Waals surface area contributed by atoms with Crippen LogP contribution in [-0.2, 0) is 4.79 Å². The molecule has 0 atom stereocenters. The van der Waals surface area contributed by atoms with E-state index in [4.69, 9.17) is 11.5 Å². The predicted molar refractivity (Wildman–Crippen MR) is 67.6 cm³/mol. The molecule has 0 fully saturated rings. The van der Waals surface area contributed by atoms with Crippen molar-refractivity contribution in [2.75, 3.05) is 18.0 Å². The Morgan fingerprint density at radius 2 is 2.33 bits per heavy atom. The minimum absolute atomic E-state index is 0.0372. The lowest BCUT2D eigenvalue weighted by Crippen LogP contribution is -2.32. The van der Waals surface area contributed by atoms with Gasteiger partial charge in [-0.15, -0.1) is 6.42 Å². The summed E-state index contributed by atoms with van der Waals surface area (Å²) in [5.41, 5.74) is -0.323. The van der Waals surface area contributed by atoms with Crippen LogP contribution >= 0.6 is 0 Å². The predicted octanol–water partition coefficient (Wildman–Crippen LogP) is 0.417. The van der Waals surface area contributed by atoms with Crippen molar-refractivity contribution in [3.05, 3.63) is 22.2 Å². The molecule has 2 N–H and O–H groups in total. The first-order chi connectivity index (χ1) is 8.43. The van der Waals surface area contributed by atoms with Gasteiger partial charge >= 0.3 is 5.97 Å². The van der Waals surface area contributed by atoms with E-state index < -0.39 is 5.97 Å². The molecule has 6 heteroatoms. The molecule has 0 aliphatic rings. The fourth-order valence-electron chi connectivity index (χ4n) is 1.39. The van der Waals surface area contributed by atoms with Gasteiger partial charge in [-0.05, 0) is 0 Å². The van der Waals surface area contributed by atoms with Gasteiger partial charge in [-0.2, -0.15) is 0 Å². The molecular formula is C12H15N3O3. The average Bonchev–Trinajstić information content (AvgIpc) is 2.27. The third-order valence-electron chi connectivity index (χ3n) is 2.23. The highest BCUT2D eigenvalue weighted by atomic mass is 16.4. The number of anilines is 1. The zero-order chi connectivity index (χ0) is 13.7. The lowest BCUT2D eigenvalue weighted by atomic mass is 10.2. The Morgan fingerprint density at radius 3 is 2.83 bits per heavy atom. The number of hydrogen-bond acceptors (Lipinski definition) is 4. The Labute approximate surface area is 105 Å². The summed E-state index contributed by atoms with van der Waals surface area (Å²) < 4.78 is 0. The molecule has 6 nitrogen and oxygen atoms in total. The van der Waals surface area contributed by atoms with Crippen LogP contribution in [0.3, 0.4) is 0 Å². The molecule has 96 valence electrons. The van der Waals surface area contributed by atoms with Crippen molar-refractivity contribution in [3.63, 3.8) is 0 Å². The number of aromatic nitrogens is 2. The normalized spacial score (nSPS) is 10.1. The van der Waals surface area contributed by atoms with Crippen LogP contribution in [0.15, 0.2) is 10.9 Å². The molecule has 0 saturated heterocycles. The van der Waals surface area contributed by atoms with Crippen LogP contribution in [-0.4, -0.2) is 34.1 Å². The number of aromatic amines is 1. The summed E-state index contributed by atoms with van der Waals surface area (Å²) in [6.45, 7) is 3.55. The van der Waals surface area contributed by atoms with Crippen molar-refractivity contribution in [1.29, 1.82) is 0 Å². The number of hydrogen-bond donors (Lipinski definition) is 2. The first-order valence-corrected chi connectivity index (χ1v) is 5.45. The highest BCUT2D eigenvalue weighted by molar-refractivity contribution is 5.73. The topological polar surface area (TPSA) is 86.3 Å². The zero-order valence-electron chi connectivity index (χ0n) is 10.3. The van der Waals surface area contributed by atoms with Crippen molar-refractivity contribution in [2.45, 2.75) is 19.8 Å². The molecule has 1 aromatic heterocycles. The number of carboxylic acid groups (broad SMARTS) is 1. The molecule has 0 aromatic carbocycles. The van der Waals surface area contributed by atoms with Crippen molar-refractivity contribution < 1.29 is 9.90 Å². The van der Waals surface area contributed by atoms with E-state index in [1.54, 1.807) is 0 Å². The average molecular weight is 249 g/mol. The molecule has 0 spiro atoms. The first-order valence-electron chi connectivity index (χ1n) is 5.45. The number of terminal acetylenes is 1. The summed E-state index contributed by atoms with van der Waals surface area (Å²) in [4.78, 5) is 30.4. The second kappa shape index (κ2) is 5.87. The SMILES string of the molecule is C#CCN(CC(=O)O)c1cc(=O)[nH]c(C(C)C)n1. The van der Waals surface area contributed by atoms with Crippen molar-refractivity contribution in [1.82, 2.24) is 9.97 Å². The van der Waals surface area contributed by atoms with Gasteiger partial charge in [0, 0.05) is 12.0 Å². The van der Waals surface area contributed by atoms with Crippen LogP contribution in [0.1, 0.15) is 25.6 Å². The quantitative estimate of drug-likeness (QED) is 0.738. The summed E-state index contributed by atoms with van der Waals surface area (Å²) in [7, 11) is 0. The maximum atomic E-state index is 11.5. The minimum atomic E-state index is -1.03. The molecule has 1 heterocycles. The lowest BCUT2D eigenvalue weighted by molar-refractivity contribution is -0.135. The highest BCUT2D eigenvalue weighted by Crippen LogP contribution is 2.12. The van der Waals surface area contributed by atoms with Crippen molar-refractivity contribution >= 4 is 11.8 Å². The van der Waals surface area contributed by atoms with Gasteiger partial charge in [0.25, 0.3) is 5.56 Å². The van der Waals surface area contributed by atoms with Gasteiger partial charge in [0.2, 0.25) is 0 Å². The Kier molecular flexibility index (Phi) is 4.49. The van der Waals surface area contributed by atoms with Gasteiger partial charge in [0.05, 0.1) is 6.54 Å². The zero-order valence-corrected chi connectivity index (χ0v) is 10.3. The maximum absolute atomic E-state index is 11.5. The number of H-pyrrole nitrogens is 1. The van der Waals surface area contributed by atoms with Gasteiger partial charge in [-0.3, -0.25) is 9.59 Å². The summed E-state index contributed by atoms with van der Waals surface area (Å²) in [5.74, 6) is 2.14. The molecule has 0 amide bonds. The number of nitrogens with zero attached hydrogens (tertiary/aromatic N) is 2. The molecule has 0 saturated carbocycles. The molecule has 0 unspecified atom stereocenters. The maximum Gasteiger partial charge on any atom is 0.323 e. The van der Waals surface area contributed by atoms with E-state index in [0.717, 1.165) is 0 Å². The van der Waals surface area contributed by atoms with Crippen LogP contribution in [0, 0.1) is 12.3 Å². The molecule has 0 bridgehead atoms. The van der Waals surface area contributed by atoms with Crippen molar-refractivity contribution in [3.8, 4) is 12.3 Å².